The minimum Gasteiger partial charge on any atom is -0.353 e. The van der Waals surface area contributed by atoms with Gasteiger partial charge in [-0.15, -0.1) is 0 Å². The third-order valence-corrected chi connectivity index (χ3v) is 6.30. The van der Waals surface area contributed by atoms with Crippen molar-refractivity contribution in [2.75, 3.05) is 20.6 Å². The van der Waals surface area contributed by atoms with Crippen LogP contribution in [0.2, 0.25) is 0 Å². The molecule has 0 saturated heterocycles. The fourth-order valence-electron chi connectivity index (χ4n) is 3.03. The predicted molar refractivity (Wildman–Crippen MR) is 116 cm³/mol. The Hall–Kier alpha value is -2.22. The number of nitrogens with one attached hydrogen (secondary N) is 2. The summed E-state index contributed by atoms with van der Waals surface area (Å²) in [4.78, 5) is 15.0. The summed E-state index contributed by atoms with van der Waals surface area (Å²) in [5, 5.41) is 2.92. The van der Waals surface area contributed by atoms with Gasteiger partial charge in [-0.2, -0.15) is 4.72 Å². The van der Waals surface area contributed by atoms with Gasteiger partial charge in [-0.1, -0.05) is 61.9 Å². The van der Waals surface area contributed by atoms with E-state index in [0.717, 1.165) is 11.1 Å². The van der Waals surface area contributed by atoms with Crippen LogP contribution in [-0.4, -0.2) is 45.9 Å². The molecule has 0 radical (unpaired) electrons. The molecule has 0 saturated carbocycles. The number of carbonyl (C=O) groups is 1. The molecule has 0 heterocycles. The van der Waals surface area contributed by atoms with Crippen molar-refractivity contribution in [3.63, 3.8) is 0 Å². The number of likely N-dealkylation sites (N-methyl/N-ethyl adjacent to an activating group) is 1. The molecule has 6 nitrogen and oxygen atoms in total. The summed E-state index contributed by atoms with van der Waals surface area (Å²) in [7, 11) is 0.102. The van der Waals surface area contributed by atoms with Gasteiger partial charge >= 0.3 is 0 Å². The molecular weight excluding hydrogens is 386 g/mol. The van der Waals surface area contributed by atoms with E-state index in [9.17, 15) is 13.2 Å². The molecule has 0 fully saturated rings. The molecule has 2 aromatic rings. The number of amides is 1. The number of aryl methyl sites for hydroxylation is 1. The van der Waals surface area contributed by atoms with Gasteiger partial charge in [-0.3, -0.25) is 4.79 Å². The maximum Gasteiger partial charge on any atom is 0.241 e. The number of carbonyl (C=O) groups excluding carboxylic acids is 1. The highest BCUT2D eigenvalue weighted by Crippen LogP contribution is 2.17. The summed E-state index contributed by atoms with van der Waals surface area (Å²) in [6.45, 7) is 5.92. The van der Waals surface area contributed by atoms with Crippen molar-refractivity contribution in [2.24, 2.45) is 5.92 Å². The van der Waals surface area contributed by atoms with E-state index in [1.54, 1.807) is 24.3 Å². The lowest BCUT2D eigenvalue weighted by atomic mass is 10.0. The fraction of sp³-hybridized carbons (Fsp3) is 0.409. The Labute approximate surface area is 174 Å². The van der Waals surface area contributed by atoms with E-state index < -0.39 is 16.1 Å². The van der Waals surface area contributed by atoms with Gasteiger partial charge in [-0.25, -0.2) is 8.42 Å². The molecule has 2 atom stereocenters. The summed E-state index contributed by atoms with van der Waals surface area (Å²) >= 11 is 0. The van der Waals surface area contributed by atoms with E-state index in [1.807, 2.05) is 70.1 Å². The van der Waals surface area contributed by atoms with Crippen LogP contribution in [0.5, 0.6) is 0 Å². The van der Waals surface area contributed by atoms with Gasteiger partial charge in [0.15, 0.2) is 0 Å². The standard InChI is InChI=1S/C22H31N3O3S/c1-16(2)21(24-29(27,28)19-13-11-17(3)12-14-19)22(26)23-15-20(25(4)5)18-9-7-6-8-10-18/h6-14,16,20-21,24H,15H2,1-5H3,(H,23,26)/t20-,21-/m1/s1. The lowest BCUT2D eigenvalue weighted by Crippen LogP contribution is -2.50. The minimum absolute atomic E-state index is 0.0123. The summed E-state index contributed by atoms with van der Waals surface area (Å²) < 4.78 is 28.0. The van der Waals surface area contributed by atoms with Gasteiger partial charge in [-0.05, 0) is 44.6 Å². The van der Waals surface area contributed by atoms with Crippen molar-refractivity contribution in [3.05, 3.63) is 65.7 Å². The molecule has 7 heteroatoms. The second-order valence-electron chi connectivity index (χ2n) is 7.79. The van der Waals surface area contributed by atoms with E-state index in [0.29, 0.717) is 6.54 Å². The zero-order valence-corrected chi connectivity index (χ0v) is 18.5. The lowest BCUT2D eigenvalue weighted by Gasteiger charge is -2.27. The van der Waals surface area contributed by atoms with Crippen LogP contribution >= 0.6 is 0 Å². The Kier molecular flexibility index (Phi) is 7.96. The number of benzene rings is 2. The molecule has 2 N–H and O–H groups in total. The molecule has 0 aliphatic heterocycles. The summed E-state index contributed by atoms with van der Waals surface area (Å²) in [6.07, 6.45) is 0. The molecule has 158 valence electrons. The summed E-state index contributed by atoms with van der Waals surface area (Å²) in [5.41, 5.74) is 2.05. The van der Waals surface area contributed by atoms with Gasteiger partial charge in [0.05, 0.1) is 10.9 Å². The zero-order chi connectivity index (χ0) is 21.6. The Morgan fingerprint density at radius 2 is 1.59 bits per heavy atom. The number of hydrogen-bond acceptors (Lipinski definition) is 4. The Balaban J connectivity index is 2.11. The van der Waals surface area contributed by atoms with Crippen molar-refractivity contribution < 1.29 is 13.2 Å². The van der Waals surface area contributed by atoms with Crippen LogP contribution in [-0.2, 0) is 14.8 Å². The quantitative estimate of drug-likeness (QED) is 0.658. The average molecular weight is 418 g/mol. The number of hydrogen-bond donors (Lipinski definition) is 2. The van der Waals surface area contributed by atoms with Crippen molar-refractivity contribution in [2.45, 2.75) is 37.8 Å². The Morgan fingerprint density at radius 1 is 1.00 bits per heavy atom. The third kappa shape index (κ3) is 6.39. The second kappa shape index (κ2) is 10.0. The van der Waals surface area contributed by atoms with Crippen LogP contribution < -0.4 is 10.0 Å². The molecule has 0 aromatic heterocycles. The topological polar surface area (TPSA) is 78.5 Å². The smallest absolute Gasteiger partial charge is 0.241 e. The van der Waals surface area contributed by atoms with Crippen LogP contribution in [0.15, 0.2) is 59.5 Å². The van der Waals surface area contributed by atoms with Crippen molar-refractivity contribution in [3.8, 4) is 0 Å². The van der Waals surface area contributed by atoms with Crippen LogP contribution in [0.1, 0.15) is 31.0 Å². The number of rotatable bonds is 9. The van der Waals surface area contributed by atoms with E-state index in [2.05, 4.69) is 10.0 Å². The maximum atomic E-state index is 12.8. The predicted octanol–water partition coefficient (Wildman–Crippen LogP) is 2.72. The van der Waals surface area contributed by atoms with Crippen molar-refractivity contribution in [1.29, 1.82) is 0 Å². The first-order chi connectivity index (χ1) is 13.6. The van der Waals surface area contributed by atoms with Crippen LogP contribution in [0.4, 0.5) is 0 Å². The highest BCUT2D eigenvalue weighted by atomic mass is 32.2. The van der Waals surface area contributed by atoms with Crippen LogP contribution in [0, 0.1) is 12.8 Å². The molecule has 1 amide bonds. The van der Waals surface area contributed by atoms with E-state index in [-0.39, 0.29) is 22.8 Å². The molecular formula is C22H31N3O3S. The van der Waals surface area contributed by atoms with Crippen molar-refractivity contribution >= 4 is 15.9 Å². The summed E-state index contributed by atoms with van der Waals surface area (Å²) in [6, 6.07) is 15.6. The lowest BCUT2D eigenvalue weighted by molar-refractivity contribution is -0.123. The van der Waals surface area contributed by atoms with E-state index in [1.165, 1.54) is 0 Å². The Bertz CT molecular complexity index is 895. The molecule has 0 aliphatic carbocycles. The average Bonchev–Trinajstić information content (AvgIpc) is 2.67. The molecule has 0 bridgehead atoms. The molecule has 2 aromatic carbocycles. The van der Waals surface area contributed by atoms with Crippen molar-refractivity contribution in [1.82, 2.24) is 14.9 Å². The first-order valence-corrected chi connectivity index (χ1v) is 11.2. The molecule has 29 heavy (non-hydrogen) atoms. The van der Waals surface area contributed by atoms with E-state index >= 15 is 0 Å². The van der Waals surface area contributed by atoms with E-state index in [4.69, 9.17) is 0 Å². The SMILES string of the molecule is Cc1ccc(S(=O)(=O)N[C@@H](C(=O)NC[C@H](c2ccccc2)N(C)C)C(C)C)cc1. The van der Waals surface area contributed by atoms with Gasteiger partial charge in [0, 0.05) is 6.54 Å². The Morgan fingerprint density at radius 3 is 2.10 bits per heavy atom. The van der Waals surface area contributed by atoms with Gasteiger partial charge in [0.2, 0.25) is 15.9 Å². The number of sulfonamides is 1. The molecule has 0 spiro atoms. The highest BCUT2D eigenvalue weighted by molar-refractivity contribution is 7.89. The molecule has 0 aliphatic rings. The largest absolute Gasteiger partial charge is 0.353 e. The molecule has 0 unspecified atom stereocenters. The second-order valence-corrected chi connectivity index (χ2v) is 9.51. The molecule has 2 rings (SSSR count). The fourth-order valence-corrected chi connectivity index (χ4v) is 4.37. The number of nitrogens with zero attached hydrogens (tertiary/aromatic N) is 1. The van der Waals surface area contributed by atoms with Gasteiger partial charge < -0.3 is 10.2 Å². The maximum absolute atomic E-state index is 12.8. The first kappa shape index (κ1) is 23.1. The minimum atomic E-state index is -3.79. The zero-order valence-electron chi connectivity index (χ0n) is 17.7. The van der Waals surface area contributed by atoms with Gasteiger partial charge in [0.1, 0.15) is 6.04 Å². The van der Waals surface area contributed by atoms with Gasteiger partial charge in [0.25, 0.3) is 0 Å². The normalized spacial score (nSPS) is 14.0. The highest BCUT2D eigenvalue weighted by Gasteiger charge is 2.29. The monoisotopic (exact) mass is 417 g/mol. The van der Waals surface area contributed by atoms with Crippen LogP contribution in [0.3, 0.4) is 0 Å². The first-order valence-electron chi connectivity index (χ1n) is 9.70. The summed E-state index contributed by atoms with van der Waals surface area (Å²) in [5.74, 6) is -0.539. The third-order valence-electron chi connectivity index (χ3n) is 4.84. The van der Waals surface area contributed by atoms with Crippen LogP contribution in [0.25, 0.3) is 0 Å².